The van der Waals surface area contributed by atoms with E-state index in [0.717, 1.165) is 0 Å². The van der Waals surface area contributed by atoms with Crippen molar-refractivity contribution in [3.05, 3.63) is 36.8 Å². The summed E-state index contributed by atoms with van der Waals surface area (Å²) in [6.45, 7) is 3.83. The van der Waals surface area contributed by atoms with Crippen LogP contribution >= 0.6 is 0 Å². The first-order valence-corrected chi connectivity index (χ1v) is 3.65. The van der Waals surface area contributed by atoms with Gasteiger partial charge in [0.15, 0.2) is 12.6 Å². The SMILES string of the molecule is C=CC1C=CC(OCOC)=CO1. The molecule has 0 radical (unpaired) electrons. The standard InChI is InChI=1S/C9H12O3/c1-3-8-4-5-9(6-11-8)12-7-10-2/h3-6,8H,1,7H2,2H3. The van der Waals surface area contributed by atoms with Crippen LogP contribution < -0.4 is 0 Å². The van der Waals surface area contributed by atoms with Crippen molar-refractivity contribution in [2.75, 3.05) is 13.9 Å². The molecule has 0 aromatic heterocycles. The Balaban J connectivity index is 2.35. The van der Waals surface area contributed by atoms with Crippen LogP contribution in [0.25, 0.3) is 0 Å². The summed E-state index contributed by atoms with van der Waals surface area (Å²) in [4.78, 5) is 0. The minimum absolute atomic E-state index is 0.0418. The van der Waals surface area contributed by atoms with E-state index in [1.54, 1.807) is 19.4 Å². The van der Waals surface area contributed by atoms with Crippen molar-refractivity contribution in [2.24, 2.45) is 0 Å². The molecule has 0 amide bonds. The Kier molecular flexibility index (Phi) is 3.41. The fraction of sp³-hybridized carbons (Fsp3) is 0.333. The van der Waals surface area contributed by atoms with Gasteiger partial charge in [0.05, 0.1) is 0 Å². The quantitative estimate of drug-likeness (QED) is 0.471. The lowest BCUT2D eigenvalue weighted by molar-refractivity contribution is 0.00434. The Morgan fingerprint density at radius 1 is 1.75 bits per heavy atom. The normalized spacial score (nSPS) is 21.1. The molecule has 0 bridgehead atoms. The van der Waals surface area contributed by atoms with E-state index in [2.05, 4.69) is 6.58 Å². The molecule has 12 heavy (non-hydrogen) atoms. The summed E-state index contributed by atoms with van der Waals surface area (Å²) in [6, 6.07) is 0. The van der Waals surface area contributed by atoms with Crippen LogP contribution in [0.15, 0.2) is 36.8 Å². The summed E-state index contributed by atoms with van der Waals surface area (Å²) in [5.74, 6) is 0.662. The highest BCUT2D eigenvalue weighted by atomic mass is 16.7. The minimum atomic E-state index is -0.0418. The van der Waals surface area contributed by atoms with Crippen LogP contribution in [-0.4, -0.2) is 20.0 Å². The first-order chi connectivity index (χ1) is 5.86. The van der Waals surface area contributed by atoms with Crippen LogP contribution in [0.4, 0.5) is 0 Å². The van der Waals surface area contributed by atoms with Gasteiger partial charge in [0, 0.05) is 7.11 Å². The second-order valence-electron chi connectivity index (χ2n) is 2.27. The second-order valence-corrected chi connectivity index (χ2v) is 2.27. The second kappa shape index (κ2) is 4.62. The third-order valence-corrected chi connectivity index (χ3v) is 1.37. The average molecular weight is 168 g/mol. The molecule has 1 heterocycles. The highest BCUT2D eigenvalue weighted by Crippen LogP contribution is 2.10. The molecule has 0 saturated heterocycles. The van der Waals surface area contributed by atoms with E-state index >= 15 is 0 Å². The van der Waals surface area contributed by atoms with Crippen molar-refractivity contribution in [3.8, 4) is 0 Å². The Hall–Kier alpha value is -1.22. The van der Waals surface area contributed by atoms with Crippen molar-refractivity contribution in [3.63, 3.8) is 0 Å². The van der Waals surface area contributed by atoms with Gasteiger partial charge in [0.1, 0.15) is 12.4 Å². The zero-order valence-corrected chi connectivity index (χ0v) is 7.03. The third kappa shape index (κ3) is 2.43. The van der Waals surface area contributed by atoms with Crippen molar-refractivity contribution < 1.29 is 14.2 Å². The van der Waals surface area contributed by atoms with Gasteiger partial charge in [-0.25, -0.2) is 0 Å². The summed E-state index contributed by atoms with van der Waals surface area (Å²) < 4.78 is 15.0. The van der Waals surface area contributed by atoms with Crippen LogP contribution in [0.1, 0.15) is 0 Å². The van der Waals surface area contributed by atoms with E-state index < -0.39 is 0 Å². The first-order valence-electron chi connectivity index (χ1n) is 3.65. The Labute approximate surface area is 71.9 Å². The smallest absolute Gasteiger partial charge is 0.188 e. The van der Waals surface area contributed by atoms with Crippen molar-refractivity contribution in [1.29, 1.82) is 0 Å². The van der Waals surface area contributed by atoms with E-state index in [1.807, 2.05) is 12.2 Å². The monoisotopic (exact) mass is 168 g/mol. The molecule has 0 saturated carbocycles. The van der Waals surface area contributed by atoms with Crippen LogP contribution in [0.3, 0.4) is 0 Å². The molecule has 0 aliphatic carbocycles. The predicted molar refractivity (Wildman–Crippen MR) is 45.3 cm³/mol. The topological polar surface area (TPSA) is 27.7 Å². The lowest BCUT2D eigenvalue weighted by atomic mass is 10.3. The molecule has 1 aliphatic rings. The fourth-order valence-electron chi connectivity index (χ4n) is 0.763. The summed E-state index contributed by atoms with van der Waals surface area (Å²) in [5, 5.41) is 0. The number of hydrogen-bond acceptors (Lipinski definition) is 3. The molecule has 3 heteroatoms. The summed E-state index contributed by atoms with van der Waals surface area (Å²) >= 11 is 0. The minimum Gasteiger partial charge on any atom is -0.486 e. The number of methoxy groups -OCH3 is 1. The molecule has 0 fully saturated rings. The zero-order valence-electron chi connectivity index (χ0n) is 7.03. The lowest BCUT2D eigenvalue weighted by Crippen LogP contribution is -2.07. The molecule has 1 unspecified atom stereocenters. The van der Waals surface area contributed by atoms with E-state index in [9.17, 15) is 0 Å². The summed E-state index contributed by atoms with van der Waals surface area (Å²) in [7, 11) is 1.57. The van der Waals surface area contributed by atoms with E-state index in [0.29, 0.717) is 5.76 Å². The van der Waals surface area contributed by atoms with Crippen molar-refractivity contribution >= 4 is 0 Å². The lowest BCUT2D eigenvalue weighted by Gasteiger charge is -2.14. The van der Waals surface area contributed by atoms with E-state index in [1.165, 1.54) is 0 Å². The van der Waals surface area contributed by atoms with Gasteiger partial charge in [-0.1, -0.05) is 6.58 Å². The van der Waals surface area contributed by atoms with E-state index in [4.69, 9.17) is 14.2 Å². The Morgan fingerprint density at radius 3 is 3.08 bits per heavy atom. The highest BCUT2D eigenvalue weighted by molar-refractivity contribution is 5.17. The molecule has 0 aromatic carbocycles. The van der Waals surface area contributed by atoms with Crippen molar-refractivity contribution in [1.82, 2.24) is 0 Å². The predicted octanol–water partition coefficient (Wildman–Crippen LogP) is 1.59. The third-order valence-electron chi connectivity index (χ3n) is 1.37. The molecule has 0 N–H and O–H groups in total. The number of rotatable bonds is 4. The van der Waals surface area contributed by atoms with Crippen LogP contribution in [-0.2, 0) is 14.2 Å². The van der Waals surface area contributed by atoms with Crippen LogP contribution in [0.5, 0.6) is 0 Å². The van der Waals surface area contributed by atoms with Gasteiger partial charge in [0.2, 0.25) is 0 Å². The molecule has 3 nitrogen and oxygen atoms in total. The Morgan fingerprint density at radius 2 is 2.58 bits per heavy atom. The number of hydrogen-bond donors (Lipinski definition) is 0. The average Bonchev–Trinajstić information content (AvgIpc) is 2.15. The molecule has 1 rings (SSSR count). The van der Waals surface area contributed by atoms with Gasteiger partial charge in [-0.15, -0.1) is 0 Å². The molecule has 0 aromatic rings. The highest BCUT2D eigenvalue weighted by Gasteiger charge is 2.05. The van der Waals surface area contributed by atoms with Gasteiger partial charge < -0.3 is 14.2 Å². The van der Waals surface area contributed by atoms with E-state index in [-0.39, 0.29) is 12.9 Å². The molecule has 66 valence electrons. The van der Waals surface area contributed by atoms with Gasteiger partial charge >= 0.3 is 0 Å². The zero-order chi connectivity index (χ0) is 8.81. The maximum atomic E-state index is 5.19. The molecule has 1 aliphatic heterocycles. The van der Waals surface area contributed by atoms with Crippen molar-refractivity contribution in [2.45, 2.75) is 6.10 Å². The van der Waals surface area contributed by atoms with Crippen LogP contribution in [0, 0.1) is 0 Å². The van der Waals surface area contributed by atoms with Crippen LogP contribution in [0.2, 0.25) is 0 Å². The molecular formula is C9H12O3. The number of allylic oxidation sites excluding steroid dienone is 1. The fourth-order valence-corrected chi connectivity index (χ4v) is 0.763. The largest absolute Gasteiger partial charge is 0.486 e. The molecule has 1 atom stereocenters. The Bertz CT molecular complexity index is 206. The summed E-state index contributed by atoms with van der Waals surface area (Å²) in [5.41, 5.74) is 0. The van der Waals surface area contributed by atoms with Gasteiger partial charge in [-0.2, -0.15) is 0 Å². The maximum absolute atomic E-state index is 5.19. The van der Waals surface area contributed by atoms with Gasteiger partial charge in [0.25, 0.3) is 0 Å². The van der Waals surface area contributed by atoms with Gasteiger partial charge in [-0.3, -0.25) is 0 Å². The first kappa shape index (κ1) is 8.87. The molecular weight excluding hydrogens is 156 g/mol. The maximum Gasteiger partial charge on any atom is 0.188 e. The number of ether oxygens (including phenoxy) is 3. The molecule has 0 spiro atoms. The van der Waals surface area contributed by atoms with Gasteiger partial charge in [-0.05, 0) is 18.2 Å². The summed E-state index contributed by atoms with van der Waals surface area (Å²) in [6.07, 6.45) is 6.90.